The lowest BCUT2D eigenvalue weighted by Crippen LogP contribution is -2.73. The highest BCUT2D eigenvalue weighted by Gasteiger charge is 2.65. The van der Waals surface area contributed by atoms with Crippen molar-refractivity contribution in [3.05, 3.63) is 0 Å². The molecule has 0 saturated carbocycles. The molecule has 0 amide bonds. The first-order valence-corrected chi connectivity index (χ1v) is 5.67. The van der Waals surface area contributed by atoms with Crippen LogP contribution in [0.3, 0.4) is 0 Å². The Hall–Kier alpha value is 0.194. The predicted octanol–water partition coefficient (Wildman–Crippen LogP) is -0.794. The first-order valence-electron chi connectivity index (χ1n) is 4.67. The summed E-state index contributed by atoms with van der Waals surface area (Å²) in [6, 6.07) is 0. The molecule has 0 aromatic heterocycles. The van der Waals surface area contributed by atoms with Crippen molar-refractivity contribution >= 4 is 20.5 Å². The van der Waals surface area contributed by atoms with E-state index in [1.807, 2.05) is 0 Å². The molecular formula is C9H18O6Si2. The van der Waals surface area contributed by atoms with Gasteiger partial charge in [0.05, 0.1) is 25.3 Å². The van der Waals surface area contributed by atoms with Gasteiger partial charge in [0, 0.05) is 42.7 Å². The average Bonchev–Trinajstić information content (AvgIpc) is 2.36. The lowest BCUT2D eigenvalue weighted by atomic mass is 10.2. The predicted molar refractivity (Wildman–Crippen MR) is 61.8 cm³/mol. The van der Waals surface area contributed by atoms with E-state index in [0.717, 1.165) is 0 Å². The number of hydrogen-bond acceptors (Lipinski definition) is 6. The van der Waals surface area contributed by atoms with Crippen LogP contribution in [0.5, 0.6) is 0 Å². The van der Waals surface area contributed by atoms with E-state index in [-0.39, 0.29) is 0 Å². The van der Waals surface area contributed by atoms with Crippen LogP contribution in [0.1, 0.15) is 0 Å². The zero-order valence-corrected chi connectivity index (χ0v) is 12.9. The molecule has 0 unspecified atom stereocenters. The Balaban J connectivity index is 5.76. The monoisotopic (exact) mass is 278 g/mol. The number of rotatable bonds is 8. The fourth-order valence-corrected chi connectivity index (χ4v) is 2.34. The SMILES string of the molecule is COC([Si])([Si])C(OC)(OC)C(OC)(OC)OC. The molecule has 0 aliphatic carbocycles. The topological polar surface area (TPSA) is 55.4 Å². The molecule has 0 spiro atoms. The fourth-order valence-electron chi connectivity index (χ4n) is 1.62. The minimum atomic E-state index is -1.64. The highest BCUT2D eigenvalue weighted by Crippen LogP contribution is 2.39. The van der Waals surface area contributed by atoms with Gasteiger partial charge >= 0.3 is 5.97 Å². The summed E-state index contributed by atoms with van der Waals surface area (Å²) in [7, 11) is 15.1. The zero-order chi connectivity index (χ0) is 13.7. The van der Waals surface area contributed by atoms with E-state index in [0.29, 0.717) is 0 Å². The first kappa shape index (κ1) is 17.2. The molecule has 0 aromatic carbocycles. The molecule has 0 N–H and O–H groups in total. The van der Waals surface area contributed by atoms with E-state index in [9.17, 15) is 0 Å². The third-order valence-electron chi connectivity index (χ3n) is 2.55. The molecule has 0 heterocycles. The van der Waals surface area contributed by atoms with Crippen molar-refractivity contribution in [2.45, 2.75) is 16.6 Å². The summed E-state index contributed by atoms with van der Waals surface area (Å²) in [5.41, 5.74) is 0. The maximum Gasteiger partial charge on any atom is 0.342 e. The largest absolute Gasteiger partial charge is 0.381 e. The summed E-state index contributed by atoms with van der Waals surface area (Å²) in [6.45, 7) is 0. The second kappa shape index (κ2) is 6.39. The minimum Gasteiger partial charge on any atom is -0.381 e. The molecule has 0 bridgehead atoms. The lowest BCUT2D eigenvalue weighted by molar-refractivity contribution is -0.489. The van der Waals surface area contributed by atoms with Crippen LogP contribution in [0.4, 0.5) is 0 Å². The molecule has 0 aromatic rings. The Morgan fingerprint density at radius 1 is 0.588 bits per heavy atom. The number of methoxy groups -OCH3 is 6. The Morgan fingerprint density at radius 3 is 1.12 bits per heavy atom. The van der Waals surface area contributed by atoms with Crippen LogP contribution in [0.25, 0.3) is 0 Å². The highest BCUT2D eigenvalue weighted by atomic mass is 28.2. The second-order valence-electron chi connectivity index (χ2n) is 3.08. The Morgan fingerprint density at radius 2 is 0.941 bits per heavy atom. The maximum atomic E-state index is 5.36. The van der Waals surface area contributed by atoms with Gasteiger partial charge in [-0.25, -0.2) is 0 Å². The van der Waals surface area contributed by atoms with Crippen molar-refractivity contribution < 1.29 is 28.4 Å². The fraction of sp³-hybridized carbons (Fsp3) is 1.00. The molecule has 8 heteroatoms. The summed E-state index contributed by atoms with van der Waals surface area (Å²) in [6.07, 6.45) is 0. The third-order valence-corrected chi connectivity index (χ3v) is 3.62. The van der Waals surface area contributed by atoms with Gasteiger partial charge in [-0.15, -0.1) is 0 Å². The van der Waals surface area contributed by atoms with Crippen molar-refractivity contribution in [2.75, 3.05) is 42.7 Å². The van der Waals surface area contributed by atoms with E-state index in [4.69, 9.17) is 28.4 Å². The van der Waals surface area contributed by atoms with Gasteiger partial charge < -0.3 is 28.4 Å². The zero-order valence-electron chi connectivity index (χ0n) is 10.9. The van der Waals surface area contributed by atoms with E-state index < -0.39 is 16.6 Å². The molecule has 0 aliphatic heterocycles. The van der Waals surface area contributed by atoms with Crippen molar-refractivity contribution in [3.8, 4) is 0 Å². The minimum absolute atomic E-state index is 1.27. The van der Waals surface area contributed by atoms with E-state index in [1.165, 1.54) is 42.7 Å². The van der Waals surface area contributed by atoms with E-state index in [2.05, 4.69) is 20.5 Å². The number of ether oxygens (including phenoxy) is 6. The molecule has 0 atom stereocenters. The van der Waals surface area contributed by atoms with E-state index in [1.54, 1.807) is 0 Å². The van der Waals surface area contributed by atoms with Crippen molar-refractivity contribution in [2.24, 2.45) is 0 Å². The summed E-state index contributed by atoms with van der Waals surface area (Å²) < 4.78 is 31.7. The number of hydrogen-bond donors (Lipinski definition) is 0. The van der Waals surface area contributed by atoms with Crippen LogP contribution in [-0.4, -0.2) is 79.8 Å². The van der Waals surface area contributed by atoms with Crippen LogP contribution < -0.4 is 0 Å². The molecule has 6 radical (unpaired) electrons. The van der Waals surface area contributed by atoms with Gasteiger partial charge in [-0.2, -0.15) is 0 Å². The first-order chi connectivity index (χ1) is 7.86. The van der Waals surface area contributed by atoms with Gasteiger partial charge in [-0.3, -0.25) is 0 Å². The normalized spacial score (nSPS) is 14.1. The Bertz CT molecular complexity index is 219. The highest BCUT2D eigenvalue weighted by molar-refractivity contribution is 6.40. The molecule has 0 fully saturated rings. The standard InChI is InChI=1S/C9H18O6Si2/c1-10-7(11-2,9(16,17)15-6)8(12-3,13-4)14-5/h1-6H3. The van der Waals surface area contributed by atoms with Gasteiger partial charge in [0.15, 0.2) is 0 Å². The van der Waals surface area contributed by atoms with Crippen molar-refractivity contribution in [1.82, 2.24) is 0 Å². The molecule has 17 heavy (non-hydrogen) atoms. The Labute approximate surface area is 109 Å². The molecule has 6 nitrogen and oxygen atoms in total. The van der Waals surface area contributed by atoms with Crippen LogP contribution >= 0.6 is 0 Å². The smallest absolute Gasteiger partial charge is 0.342 e. The molecule has 0 rings (SSSR count). The van der Waals surface area contributed by atoms with Crippen molar-refractivity contribution in [3.63, 3.8) is 0 Å². The van der Waals surface area contributed by atoms with E-state index >= 15 is 0 Å². The summed E-state index contributed by atoms with van der Waals surface area (Å²) >= 11 is 0. The van der Waals surface area contributed by atoms with Gasteiger partial charge in [0.1, 0.15) is 0 Å². The van der Waals surface area contributed by atoms with Gasteiger partial charge in [-0.1, -0.05) is 0 Å². The van der Waals surface area contributed by atoms with Crippen LogP contribution in [0.15, 0.2) is 0 Å². The molecular weight excluding hydrogens is 260 g/mol. The lowest BCUT2D eigenvalue weighted by Gasteiger charge is -2.51. The van der Waals surface area contributed by atoms with Crippen LogP contribution in [-0.2, 0) is 28.4 Å². The summed E-state index contributed by atoms with van der Waals surface area (Å²) in [5, 5.41) is 0. The Kier molecular flexibility index (Phi) is 6.46. The quantitative estimate of drug-likeness (QED) is 0.428. The maximum absolute atomic E-state index is 5.36. The average molecular weight is 278 g/mol. The molecule has 98 valence electrons. The third kappa shape index (κ3) is 2.49. The molecule has 0 aliphatic rings. The second-order valence-corrected chi connectivity index (χ2v) is 4.99. The summed E-state index contributed by atoms with van der Waals surface area (Å²) in [5.74, 6) is -3.21. The van der Waals surface area contributed by atoms with Gasteiger partial charge in [-0.05, 0) is 0 Å². The van der Waals surface area contributed by atoms with Crippen molar-refractivity contribution in [1.29, 1.82) is 0 Å². The summed E-state index contributed by atoms with van der Waals surface area (Å²) in [4.78, 5) is -1.27. The van der Waals surface area contributed by atoms with Crippen LogP contribution in [0, 0.1) is 0 Å². The van der Waals surface area contributed by atoms with Gasteiger partial charge in [0.25, 0.3) is 5.79 Å². The molecule has 0 saturated heterocycles. The van der Waals surface area contributed by atoms with Gasteiger partial charge in [0.2, 0.25) is 0 Å². The van der Waals surface area contributed by atoms with Crippen LogP contribution in [0.2, 0.25) is 0 Å².